The standard InChI is InChI=1S/C21H35N5O.HI/c1-18-7-5-11-24(17-18)12-6-10-23-21(22-2)26-15-13-25(14-16-26)19-8-3-4-9-20(19)27;/h3-4,8-9,18,27H,5-7,10-17H2,1-2H3,(H,22,23);1H. The summed E-state index contributed by atoms with van der Waals surface area (Å²) in [5.74, 6) is 2.21. The molecule has 0 amide bonds. The number of benzene rings is 1. The fourth-order valence-electron chi connectivity index (χ4n) is 4.22. The first-order valence-corrected chi connectivity index (χ1v) is 10.4. The van der Waals surface area contributed by atoms with E-state index in [0.29, 0.717) is 5.75 Å². The summed E-state index contributed by atoms with van der Waals surface area (Å²) >= 11 is 0. The molecule has 2 fully saturated rings. The van der Waals surface area contributed by atoms with Crippen LogP contribution in [-0.2, 0) is 0 Å². The van der Waals surface area contributed by atoms with Gasteiger partial charge in [-0.1, -0.05) is 19.1 Å². The molecule has 2 aliphatic rings. The lowest BCUT2D eigenvalue weighted by molar-refractivity contribution is 0.182. The lowest BCUT2D eigenvalue weighted by Crippen LogP contribution is -2.52. The van der Waals surface area contributed by atoms with Crippen molar-refractivity contribution in [2.45, 2.75) is 26.2 Å². The van der Waals surface area contributed by atoms with Gasteiger partial charge in [-0.15, -0.1) is 24.0 Å². The third-order valence-corrected chi connectivity index (χ3v) is 5.69. The van der Waals surface area contributed by atoms with Crippen LogP contribution in [0.15, 0.2) is 29.3 Å². The first kappa shape index (κ1) is 23.1. The normalized spacial score (nSPS) is 21.4. The molecule has 3 rings (SSSR count). The molecule has 1 atom stereocenters. The molecular formula is C21H36IN5O. The Morgan fingerprint density at radius 1 is 1.18 bits per heavy atom. The Balaban J connectivity index is 0.00000280. The number of anilines is 1. The molecule has 7 heteroatoms. The fraction of sp³-hybridized carbons (Fsp3) is 0.667. The fourth-order valence-corrected chi connectivity index (χ4v) is 4.22. The van der Waals surface area contributed by atoms with Gasteiger partial charge in [-0.2, -0.15) is 0 Å². The van der Waals surface area contributed by atoms with Crippen LogP contribution >= 0.6 is 24.0 Å². The molecule has 6 nitrogen and oxygen atoms in total. The summed E-state index contributed by atoms with van der Waals surface area (Å²) in [5, 5.41) is 13.6. The third-order valence-electron chi connectivity index (χ3n) is 5.69. The molecule has 28 heavy (non-hydrogen) atoms. The Hall–Kier alpha value is -1.22. The lowest BCUT2D eigenvalue weighted by Gasteiger charge is -2.38. The molecule has 0 radical (unpaired) electrons. The van der Waals surface area contributed by atoms with Gasteiger partial charge in [-0.3, -0.25) is 4.99 Å². The molecule has 1 aromatic carbocycles. The SMILES string of the molecule is CN=C(NCCCN1CCCC(C)C1)N1CCN(c2ccccc2O)CC1.I. The second-order valence-electron chi connectivity index (χ2n) is 7.84. The van der Waals surface area contributed by atoms with Crippen LogP contribution in [0.2, 0.25) is 0 Å². The van der Waals surface area contributed by atoms with Crippen molar-refractivity contribution >= 4 is 35.6 Å². The number of halogens is 1. The van der Waals surface area contributed by atoms with Crippen LogP contribution in [0.5, 0.6) is 5.75 Å². The zero-order chi connectivity index (χ0) is 19.1. The molecule has 0 aromatic heterocycles. The number of rotatable bonds is 5. The number of phenolic OH excluding ortho intramolecular Hbond substituents is 1. The highest BCUT2D eigenvalue weighted by Gasteiger charge is 2.21. The molecule has 0 saturated carbocycles. The molecule has 2 aliphatic heterocycles. The van der Waals surface area contributed by atoms with Crippen molar-refractivity contribution in [3.63, 3.8) is 0 Å². The molecule has 2 saturated heterocycles. The van der Waals surface area contributed by atoms with Crippen molar-refractivity contribution in [2.75, 3.05) is 64.3 Å². The van der Waals surface area contributed by atoms with E-state index in [1.807, 2.05) is 25.2 Å². The van der Waals surface area contributed by atoms with Crippen LogP contribution in [0.25, 0.3) is 0 Å². The Kier molecular flexibility index (Phi) is 9.64. The van der Waals surface area contributed by atoms with Gasteiger partial charge in [-0.25, -0.2) is 0 Å². The number of phenols is 1. The van der Waals surface area contributed by atoms with Gasteiger partial charge in [0.05, 0.1) is 5.69 Å². The zero-order valence-electron chi connectivity index (χ0n) is 17.3. The Morgan fingerprint density at radius 3 is 2.61 bits per heavy atom. The number of guanidine groups is 1. The maximum absolute atomic E-state index is 10.1. The van der Waals surface area contributed by atoms with E-state index in [1.165, 1.54) is 32.5 Å². The van der Waals surface area contributed by atoms with Crippen molar-refractivity contribution in [3.05, 3.63) is 24.3 Å². The average Bonchev–Trinajstić information content (AvgIpc) is 2.69. The minimum absolute atomic E-state index is 0. The topological polar surface area (TPSA) is 54.3 Å². The Bertz CT molecular complexity index is 619. The van der Waals surface area contributed by atoms with E-state index in [-0.39, 0.29) is 24.0 Å². The maximum Gasteiger partial charge on any atom is 0.193 e. The molecular weight excluding hydrogens is 465 g/mol. The predicted octanol–water partition coefficient (Wildman–Crippen LogP) is 2.83. The van der Waals surface area contributed by atoms with Gasteiger partial charge >= 0.3 is 0 Å². The molecule has 1 unspecified atom stereocenters. The minimum atomic E-state index is 0. The van der Waals surface area contributed by atoms with Crippen molar-refractivity contribution in [2.24, 2.45) is 10.9 Å². The van der Waals surface area contributed by atoms with E-state index in [9.17, 15) is 5.11 Å². The molecule has 0 bridgehead atoms. The highest BCUT2D eigenvalue weighted by atomic mass is 127. The summed E-state index contributed by atoms with van der Waals surface area (Å²) in [6, 6.07) is 7.58. The lowest BCUT2D eigenvalue weighted by atomic mass is 10.0. The number of likely N-dealkylation sites (tertiary alicyclic amines) is 1. The summed E-state index contributed by atoms with van der Waals surface area (Å²) < 4.78 is 0. The summed E-state index contributed by atoms with van der Waals surface area (Å²) in [6.07, 6.45) is 3.88. The van der Waals surface area contributed by atoms with Crippen molar-refractivity contribution in [3.8, 4) is 5.75 Å². The van der Waals surface area contributed by atoms with Crippen molar-refractivity contribution in [1.82, 2.24) is 15.1 Å². The van der Waals surface area contributed by atoms with Crippen LogP contribution in [-0.4, -0.2) is 80.3 Å². The number of nitrogens with one attached hydrogen (secondary N) is 1. The summed E-state index contributed by atoms with van der Waals surface area (Å²) in [6.45, 7) is 10.6. The number of aliphatic imine (C=N–C) groups is 1. The number of nitrogens with zero attached hydrogens (tertiary/aromatic N) is 4. The number of para-hydroxylation sites is 2. The van der Waals surface area contributed by atoms with Crippen molar-refractivity contribution < 1.29 is 5.11 Å². The van der Waals surface area contributed by atoms with Gasteiger partial charge in [-0.05, 0) is 50.4 Å². The second kappa shape index (κ2) is 11.7. The third kappa shape index (κ3) is 6.40. The zero-order valence-corrected chi connectivity index (χ0v) is 19.6. The van der Waals surface area contributed by atoms with E-state index < -0.39 is 0 Å². The van der Waals surface area contributed by atoms with Crippen LogP contribution in [0.1, 0.15) is 26.2 Å². The smallest absolute Gasteiger partial charge is 0.193 e. The maximum atomic E-state index is 10.1. The molecule has 0 spiro atoms. The summed E-state index contributed by atoms with van der Waals surface area (Å²) in [5.41, 5.74) is 0.927. The highest BCUT2D eigenvalue weighted by molar-refractivity contribution is 14.0. The predicted molar refractivity (Wildman–Crippen MR) is 128 cm³/mol. The van der Waals surface area contributed by atoms with Crippen LogP contribution < -0.4 is 10.2 Å². The van der Waals surface area contributed by atoms with Gasteiger partial charge in [0.1, 0.15) is 5.75 Å². The summed E-state index contributed by atoms with van der Waals surface area (Å²) in [4.78, 5) is 11.6. The van der Waals surface area contributed by atoms with Gasteiger partial charge < -0.3 is 25.1 Å². The number of piperidine rings is 1. The van der Waals surface area contributed by atoms with E-state index in [0.717, 1.165) is 56.7 Å². The number of hydrogen-bond donors (Lipinski definition) is 2. The monoisotopic (exact) mass is 501 g/mol. The minimum Gasteiger partial charge on any atom is -0.506 e. The molecule has 2 N–H and O–H groups in total. The highest BCUT2D eigenvalue weighted by Crippen LogP contribution is 2.27. The average molecular weight is 501 g/mol. The first-order chi connectivity index (χ1) is 13.2. The molecule has 1 aromatic rings. The second-order valence-corrected chi connectivity index (χ2v) is 7.84. The van der Waals surface area contributed by atoms with Gasteiger partial charge in [0.2, 0.25) is 0 Å². The van der Waals surface area contributed by atoms with E-state index >= 15 is 0 Å². The van der Waals surface area contributed by atoms with Gasteiger partial charge in [0, 0.05) is 46.3 Å². The first-order valence-electron chi connectivity index (χ1n) is 10.4. The Labute approximate surface area is 187 Å². The van der Waals surface area contributed by atoms with Crippen molar-refractivity contribution in [1.29, 1.82) is 0 Å². The van der Waals surface area contributed by atoms with E-state index in [2.05, 4.69) is 31.9 Å². The van der Waals surface area contributed by atoms with E-state index in [4.69, 9.17) is 0 Å². The summed E-state index contributed by atoms with van der Waals surface area (Å²) in [7, 11) is 1.87. The van der Waals surface area contributed by atoms with Crippen LogP contribution in [0.3, 0.4) is 0 Å². The van der Waals surface area contributed by atoms with Crippen LogP contribution in [0, 0.1) is 5.92 Å². The van der Waals surface area contributed by atoms with Gasteiger partial charge in [0.25, 0.3) is 0 Å². The van der Waals surface area contributed by atoms with E-state index in [1.54, 1.807) is 6.07 Å². The molecule has 158 valence electrons. The largest absolute Gasteiger partial charge is 0.506 e. The Morgan fingerprint density at radius 2 is 1.93 bits per heavy atom. The van der Waals surface area contributed by atoms with Gasteiger partial charge in [0.15, 0.2) is 5.96 Å². The number of aromatic hydroxyl groups is 1. The van der Waals surface area contributed by atoms with Crippen LogP contribution in [0.4, 0.5) is 5.69 Å². The quantitative estimate of drug-likeness (QED) is 0.281. The molecule has 2 heterocycles. The number of piperazine rings is 1. The number of hydrogen-bond acceptors (Lipinski definition) is 4. The molecule has 0 aliphatic carbocycles.